The molecule has 1 fully saturated rings. The number of carbonyl (C=O) groups is 1. The van der Waals surface area contributed by atoms with Gasteiger partial charge in [-0.1, -0.05) is 23.7 Å². The molecule has 0 spiro atoms. The van der Waals surface area contributed by atoms with Gasteiger partial charge in [0, 0.05) is 24.5 Å². The van der Waals surface area contributed by atoms with Crippen molar-refractivity contribution in [1.29, 1.82) is 0 Å². The lowest BCUT2D eigenvalue weighted by atomic mass is 10.1. The number of nitrogens with one attached hydrogen (secondary N) is 1. The molecule has 2 aromatic rings. The molecule has 7 heteroatoms. The molecule has 1 N–H and O–H groups in total. The monoisotopic (exact) mass is 368 g/mol. The minimum atomic E-state index is -0.612. The Kier molecular flexibility index (Phi) is 5.84. The summed E-state index contributed by atoms with van der Waals surface area (Å²) >= 11 is 7.61. The molecule has 1 aliphatic rings. The normalized spacial score (nSPS) is 16.8. The van der Waals surface area contributed by atoms with Crippen molar-refractivity contribution in [2.45, 2.75) is 6.04 Å². The van der Waals surface area contributed by atoms with Crippen LogP contribution in [0.2, 0.25) is 5.02 Å². The van der Waals surface area contributed by atoms with Crippen molar-refractivity contribution >= 4 is 28.8 Å². The molecule has 2 heterocycles. The van der Waals surface area contributed by atoms with Crippen LogP contribution in [-0.4, -0.2) is 43.7 Å². The molecule has 3 rings (SSSR count). The highest BCUT2D eigenvalue weighted by Gasteiger charge is 2.25. The van der Waals surface area contributed by atoms with E-state index in [4.69, 9.17) is 16.3 Å². The molecule has 0 bridgehead atoms. The van der Waals surface area contributed by atoms with Gasteiger partial charge < -0.3 is 10.1 Å². The molecule has 0 unspecified atom stereocenters. The van der Waals surface area contributed by atoms with E-state index in [1.165, 1.54) is 18.2 Å². The third-order valence-electron chi connectivity index (χ3n) is 4.00. The average Bonchev–Trinajstić information content (AvgIpc) is 3.10. The molecular weight excluding hydrogens is 351 g/mol. The molecule has 1 aromatic heterocycles. The highest BCUT2D eigenvalue weighted by Crippen LogP contribution is 2.26. The van der Waals surface area contributed by atoms with Crippen LogP contribution in [0.5, 0.6) is 0 Å². The Balaban J connectivity index is 1.72. The number of benzene rings is 1. The second-order valence-electron chi connectivity index (χ2n) is 5.49. The number of carbonyl (C=O) groups excluding carboxylic acids is 1. The summed E-state index contributed by atoms with van der Waals surface area (Å²) in [6.07, 6.45) is 0. The van der Waals surface area contributed by atoms with Gasteiger partial charge >= 0.3 is 0 Å². The number of ether oxygens (including phenoxy) is 1. The number of halogens is 2. The number of hydrogen-bond acceptors (Lipinski definition) is 4. The van der Waals surface area contributed by atoms with E-state index in [0.717, 1.165) is 18.0 Å². The minimum Gasteiger partial charge on any atom is -0.379 e. The van der Waals surface area contributed by atoms with Gasteiger partial charge in [-0.25, -0.2) is 4.39 Å². The summed E-state index contributed by atoms with van der Waals surface area (Å²) in [5, 5.41) is 4.96. The quantitative estimate of drug-likeness (QED) is 0.880. The Hall–Kier alpha value is -1.47. The van der Waals surface area contributed by atoms with E-state index in [1.54, 1.807) is 11.3 Å². The first-order chi connectivity index (χ1) is 11.7. The van der Waals surface area contributed by atoms with E-state index < -0.39 is 11.7 Å². The smallest absolute Gasteiger partial charge is 0.255 e. The van der Waals surface area contributed by atoms with Gasteiger partial charge in [0.2, 0.25) is 0 Å². The zero-order chi connectivity index (χ0) is 16.9. The minimum absolute atomic E-state index is 0.0448. The predicted molar refractivity (Wildman–Crippen MR) is 93.2 cm³/mol. The van der Waals surface area contributed by atoms with Gasteiger partial charge in [0.05, 0.1) is 29.8 Å². The summed E-state index contributed by atoms with van der Waals surface area (Å²) in [4.78, 5) is 15.8. The zero-order valence-electron chi connectivity index (χ0n) is 13.0. The summed E-state index contributed by atoms with van der Waals surface area (Å²) in [5.41, 5.74) is -0.105. The summed E-state index contributed by atoms with van der Waals surface area (Å²) in [5.74, 6) is -1.10. The van der Waals surface area contributed by atoms with Crippen molar-refractivity contribution in [2.24, 2.45) is 0 Å². The fourth-order valence-corrected chi connectivity index (χ4v) is 3.88. The SMILES string of the molecule is O=C(NC[C@@H](c1cccs1)N1CCOCC1)c1c(F)cccc1Cl. The van der Waals surface area contributed by atoms with E-state index in [-0.39, 0.29) is 16.6 Å². The van der Waals surface area contributed by atoms with Gasteiger partial charge in [0.15, 0.2) is 0 Å². The Morgan fingerprint density at radius 1 is 1.33 bits per heavy atom. The number of thiophene rings is 1. The predicted octanol–water partition coefficient (Wildman–Crippen LogP) is 3.34. The second-order valence-corrected chi connectivity index (χ2v) is 6.87. The molecule has 0 aliphatic carbocycles. The van der Waals surface area contributed by atoms with E-state index in [2.05, 4.69) is 10.2 Å². The van der Waals surface area contributed by atoms with Crippen molar-refractivity contribution in [1.82, 2.24) is 10.2 Å². The first kappa shape index (κ1) is 17.4. The maximum atomic E-state index is 13.9. The standard InChI is InChI=1S/C17H18ClFN2O2S/c18-12-3-1-4-13(19)16(12)17(22)20-11-14(15-5-2-10-24-15)21-6-8-23-9-7-21/h1-5,10,14H,6-9,11H2,(H,20,22)/t14-/m0/s1. The van der Waals surface area contributed by atoms with Crippen LogP contribution in [0, 0.1) is 5.82 Å². The Morgan fingerprint density at radius 2 is 2.12 bits per heavy atom. The summed E-state index contributed by atoms with van der Waals surface area (Å²) < 4.78 is 19.3. The van der Waals surface area contributed by atoms with Crippen LogP contribution in [0.1, 0.15) is 21.3 Å². The molecule has 1 atom stereocenters. The Labute approximate surface area is 149 Å². The average molecular weight is 369 g/mol. The van der Waals surface area contributed by atoms with Crippen LogP contribution in [0.3, 0.4) is 0 Å². The second kappa shape index (κ2) is 8.07. The first-order valence-electron chi connectivity index (χ1n) is 7.74. The fraction of sp³-hybridized carbons (Fsp3) is 0.353. The van der Waals surface area contributed by atoms with E-state index in [1.807, 2.05) is 17.5 Å². The summed E-state index contributed by atoms with van der Waals surface area (Å²) in [6, 6.07) is 8.31. The number of amides is 1. The molecule has 1 amide bonds. The lowest BCUT2D eigenvalue weighted by Crippen LogP contribution is -2.43. The molecule has 128 valence electrons. The highest BCUT2D eigenvalue weighted by atomic mass is 35.5. The van der Waals surface area contributed by atoms with Crippen molar-refractivity contribution in [3.05, 3.63) is 57.0 Å². The van der Waals surface area contributed by atoms with Gasteiger partial charge in [-0.05, 0) is 23.6 Å². The zero-order valence-corrected chi connectivity index (χ0v) is 14.6. The van der Waals surface area contributed by atoms with Crippen molar-refractivity contribution in [3.63, 3.8) is 0 Å². The Morgan fingerprint density at radius 3 is 2.79 bits per heavy atom. The van der Waals surface area contributed by atoms with Crippen molar-refractivity contribution < 1.29 is 13.9 Å². The molecular formula is C17H18ClFN2O2S. The maximum Gasteiger partial charge on any atom is 0.255 e. The molecule has 24 heavy (non-hydrogen) atoms. The van der Waals surface area contributed by atoms with Crippen LogP contribution >= 0.6 is 22.9 Å². The van der Waals surface area contributed by atoms with Gasteiger partial charge in [-0.2, -0.15) is 0 Å². The Bertz CT molecular complexity index is 670. The molecule has 1 saturated heterocycles. The number of rotatable bonds is 5. The maximum absolute atomic E-state index is 13.9. The first-order valence-corrected chi connectivity index (χ1v) is 9.00. The molecule has 4 nitrogen and oxygen atoms in total. The third-order valence-corrected chi connectivity index (χ3v) is 5.29. The number of hydrogen-bond donors (Lipinski definition) is 1. The van der Waals surface area contributed by atoms with Gasteiger partial charge in [-0.15, -0.1) is 11.3 Å². The third kappa shape index (κ3) is 3.95. The fourth-order valence-electron chi connectivity index (χ4n) is 2.77. The summed E-state index contributed by atoms with van der Waals surface area (Å²) in [7, 11) is 0. The van der Waals surface area contributed by atoms with Crippen LogP contribution in [0.25, 0.3) is 0 Å². The van der Waals surface area contributed by atoms with E-state index in [0.29, 0.717) is 19.8 Å². The van der Waals surface area contributed by atoms with E-state index in [9.17, 15) is 9.18 Å². The largest absolute Gasteiger partial charge is 0.379 e. The number of morpholine rings is 1. The van der Waals surface area contributed by atoms with Crippen LogP contribution in [-0.2, 0) is 4.74 Å². The van der Waals surface area contributed by atoms with Gasteiger partial charge in [0.1, 0.15) is 5.82 Å². The van der Waals surface area contributed by atoms with Crippen molar-refractivity contribution in [3.8, 4) is 0 Å². The van der Waals surface area contributed by atoms with Crippen molar-refractivity contribution in [2.75, 3.05) is 32.8 Å². The molecule has 1 aliphatic heterocycles. The lowest BCUT2D eigenvalue weighted by Gasteiger charge is -2.34. The van der Waals surface area contributed by atoms with E-state index >= 15 is 0 Å². The van der Waals surface area contributed by atoms with Crippen LogP contribution in [0.15, 0.2) is 35.7 Å². The topological polar surface area (TPSA) is 41.6 Å². The number of nitrogens with zero attached hydrogens (tertiary/aromatic N) is 1. The highest BCUT2D eigenvalue weighted by molar-refractivity contribution is 7.10. The lowest BCUT2D eigenvalue weighted by molar-refractivity contribution is 0.0169. The molecule has 0 radical (unpaired) electrons. The van der Waals surface area contributed by atoms with Gasteiger partial charge in [-0.3, -0.25) is 9.69 Å². The van der Waals surface area contributed by atoms with Gasteiger partial charge in [0.25, 0.3) is 5.91 Å². The van der Waals surface area contributed by atoms with Crippen LogP contribution < -0.4 is 5.32 Å². The molecule has 1 aromatic carbocycles. The summed E-state index contributed by atoms with van der Waals surface area (Å²) in [6.45, 7) is 3.35. The van der Waals surface area contributed by atoms with Crippen LogP contribution in [0.4, 0.5) is 4.39 Å². The molecule has 0 saturated carbocycles.